The van der Waals surface area contributed by atoms with Gasteiger partial charge in [0.05, 0.1) is 6.42 Å². The molecule has 1 aromatic carbocycles. The van der Waals surface area contributed by atoms with Gasteiger partial charge in [-0.3, -0.25) is 4.79 Å². The molecule has 0 atom stereocenters. The standard InChI is InChI=1S/C11H11F3O/c1-8-3-2-4-9(7-8)10(15)5-6-11(12,13)14/h2-4,7H,5-6H2,1H3. The van der Waals surface area contributed by atoms with E-state index in [-0.39, 0.29) is 0 Å². The lowest BCUT2D eigenvalue weighted by molar-refractivity contribution is -0.133. The van der Waals surface area contributed by atoms with Gasteiger partial charge in [-0.05, 0) is 13.0 Å². The third kappa shape index (κ3) is 4.14. The van der Waals surface area contributed by atoms with Crippen LogP contribution < -0.4 is 0 Å². The fourth-order valence-corrected chi connectivity index (χ4v) is 1.22. The number of carbonyl (C=O) groups is 1. The van der Waals surface area contributed by atoms with Gasteiger partial charge in [0.2, 0.25) is 0 Å². The Labute approximate surface area is 85.9 Å². The zero-order valence-electron chi connectivity index (χ0n) is 8.27. The van der Waals surface area contributed by atoms with E-state index in [1.54, 1.807) is 25.1 Å². The van der Waals surface area contributed by atoms with Crippen LogP contribution in [0.2, 0.25) is 0 Å². The lowest BCUT2D eigenvalue weighted by Crippen LogP contribution is -2.10. The first-order valence-corrected chi connectivity index (χ1v) is 4.55. The predicted octanol–water partition coefficient (Wildman–Crippen LogP) is 3.52. The fraction of sp³-hybridized carbons (Fsp3) is 0.364. The number of halogens is 3. The molecule has 0 aliphatic carbocycles. The molecule has 0 amide bonds. The number of Topliss-reactive ketones (excluding diaryl/α,β-unsaturated/α-hetero) is 1. The summed E-state index contributed by atoms with van der Waals surface area (Å²) in [6.07, 6.45) is -5.80. The minimum Gasteiger partial charge on any atom is -0.294 e. The second-order valence-corrected chi connectivity index (χ2v) is 3.41. The van der Waals surface area contributed by atoms with Crippen molar-refractivity contribution < 1.29 is 18.0 Å². The van der Waals surface area contributed by atoms with Crippen molar-refractivity contribution in [2.45, 2.75) is 25.9 Å². The monoisotopic (exact) mass is 216 g/mol. The summed E-state index contributed by atoms with van der Waals surface area (Å²) in [7, 11) is 0. The van der Waals surface area contributed by atoms with Gasteiger partial charge in [-0.2, -0.15) is 13.2 Å². The van der Waals surface area contributed by atoms with Gasteiger partial charge in [0.15, 0.2) is 5.78 Å². The summed E-state index contributed by atoms with van der Waals surface area (Å²) in [5, 5.41) is 0. The Morgan fingerprint density at radius 1 is 1.33 bits per heavy atom. The van der Waals surface area contributed by atoms with Crippen LogP contribution in [0.3, 0.4) is 0 Å². The van der Waals surface area contributed by atoms with Crippen LogP contribution in [-0.4, -0.2) is 12.0 Å². The molecule has 0 bridgehead atoms. The topological polar surface area (TPSA) is 17.1 Å². The molecule has 0 saturated carbocycles. The van der Waals surface area contributed by atoms with E-state index in [0.29, 0.717) is 5.56 Å². The Kier molecular flexibility index (Phi) is 3.50. The van der Waals surface area contributed by atoms with Gasteiger partial charge in [-0.15, -0.1) is 0 Å². The lowest BCUT2D eigenvalue weighted by Gasteiger charge is -2.05. The quantitative estimate of drug-likeness (QED) is 0.706. The number of carbonyl (C=O) groups excluding carboxylic acids is 1. The van der Waals surface area contributed by atoms with Crippen LogP contribution in [0, 0.1) is 6.92 Å². The molecule has 0 unspecified atom stereocenters. The Morgan fingerprint density at radius 3 is 2.53 bits per heavy atom. The number of rotatable bonds is 3. The third-order valence-electron chi connectivity index (χ3n) is 1.98. The number of aryl methyl sites for hydroxylation is 1. The molecule has 0 fully saturated rings. The van der Waals surface area contributed by atoms with Crippen molar-refractivity contribution in [1.82, 2.24) is 0 Å². The number of benzene rings is 1. The first kappa shape index (κ1) is 11.8. The van der Waals surface area contributed by atoms with E-state index in [4.69, 9.17) is 0 Å². The molecule has 15 heavy (non-hydrogen) atoms. The van der Waals surface area contributed by atoms with Crippen LogP contribution in [0.1, 0.15) is 28.8 Å². The van der Waals surface area contributed by atoms with E-state index < -0.39 is 24.8 Å². The maximum atomic E-state index is 11.9. The zero-order valence-corrected chi connectivity index (χ0v) is 8.27. The summed E-state index contributed by atoms with van der Waals surface area (Å²) in [5.41, 5.74) is 1.21. The first-order chi connectivity index (χ1) is 6.88. The average molecular weight is 216 g/mol. The Bertz CT molecular complexity index is 355. The molecule has 0 aliphatic rings. The molecule has 0 N–H and O–H groups in total. The fourth-order valence-electron chi connectivity index (χ4n) is 1.22. The normalized spacial score (nSPS) is 11.5. The van der Waals surface area contributed by atoms with E-state index in [1.807, 2.05) is 0 Å². The summed E-state index contributed by atoms with van der Waals surface area (Å²) in [4.78, 5) is 11.3. The first-order valence-electron chi connectivity index (χ1n) is 4.55. The van der Waals surface area contributed by atoms with E-state index in [1.165, 1.54) is 6.07 Å². The molecular formula is C11H11F3O. The smallest absolute Gasteiger partial charge is 0.294 e. The van der Waals surface area contributed by atoms with Crippen molar-refractivity contribution in [3.63, 3.8) is 0 Å². The van der Waals surface area contributed by atoms with Crippen LogP contribution in [0.25, 0.3) is 0 Å². The summed E-state index contributed by atoms with van der Waals surface area (Å²) < 4.78 is 35.6. The molecule has 0 aliphatic heterocycles. The second kappa shape index (κ2) is 4.47. The third-order valence-corrected chi connectivity index (χ3v) is 1.98. The van der Waals surface area contributed by atoms with Crippen molar-refractivity contribution in [3.05, 3.63) is 35.4 Å². The van der Waals surface area contributed by atoms with Crippen molar-refractivity contribution in [2.24, 2.45) is 0 Å². The molecule has 0 saturated heterocycles. The molecule has 0 radical (unpaired) electrons. The van der Waals surface area contributed by atoms with E-state index in [9.17, 15) is 18.0 Å². The molecule has 1 rings (SSSR count). The Balaban J connectivity index is 2.62. The molecule has 1 aromatic rings. The zero-order chi connectivity index (χ0) is 11.5. The van der Waals surface area contributed by atoms with Crippen molar-refractivity contribution >= 4 is 5.78 Å². The van der Waals surface area contributed by atoms with Gasteiger partial charge >= 0.3 is 6.18 Å². The van der Waals surface area contributed by atoms with E-state index in [0.717, 1.165) is 5.56 Å². The molecular weight excluding hydrogens is 205 g/mol. The molecule has 0 aromatic heterocycles. The molecule has 1 nitrogen and oxygen atoms in total. The maximum Gasteiger partial charge on any atom is 0.389 e. The van der Waals surface area contributed by atoms with Gasteiger partial charge in [0.25, 0.3) is 0 Å². The average Bonchev–Trinajstić information content (AvgIpc) is 2.13. The summed E-state index contributed by atoms with van der Waals surface area (Å²) in [5.74, 6) is -0.462. The number of hydrogen-bond donors (Lipinski definition) is 0. The van der Waals surface area contributed by atoms with Crippen LogP contribution >= 0.6 is 0 Å². The van der Waals surface area contributed by atoms with E-state index in [2.05, 4.69) is 0 Å². The Morgan fingerprint density at radius 2 is 2.00 bits per heavy atom. The van der Waals surface area contributed by atoms with Gasteiger partial charge in [-0.1, -0.05) is 23.8 Å². The highest BCUT2D eigenvalue weighted by molar-refractivity contribution is 5.96. The van der Waals surface area contributed by atoms with Crippen LogP contribution in [0.15, 0.2) is 24.3 Å². The van der Waals surface area contributed by atoms with Crippen LogP contribution in [-0.2, 0) is 0 Å². The number of ketones is 1. The van der Waals surface area contributed by atoms with Crippen molar-refractivity contribution in [3.8, 4) is 0 Å². The SMILES string of the molecule is Cc1cccc(C(=O)CCC(F)(F)F)c1. The van der Waals surface area contributed by atoms with Gasteiger partial charge in [0.1, 0.15) is 0 Å². The molecule has 4 heteroatoms. The lowest BCUT2D eigenvalue weighted by atomic mass is 10.0. The molecule has 0 spiro atoms. The Hall–Kier alpha value is -1.32. The second-order valence-electron chi connectivity index (χ2n) is 3.41. The number of hydrogen-bond acceptors (Lipinski definition) is 1. The minimum absolute atomic E-state index is 0.347. The van der Waals surface area contributed by atoms with E-state index >= 15 is 0 Å². The van der Waals surface area contributed by atoms with Crippen molar-refractivity contribution in [1.29, 1.82) is 0 Å². The highest BCUT2D eigenvalue weighted by Crippen LogP contribution is 2.22. The van der Waals surface area contributed by atoms with Crippen LogP contribution in [0.4, 0.5) is 13.2 Å². The number of alkyl halides is 3. The highest BCUT2D eigenvalue weighted by Gasteiger charge is 2.28. The largest absolute Gasteiger partial charge is 0.389 e. The molecule has 82 valence electrons. The highest BCUT2D eigenvalue weighted by atomic mass is 19.4. The summed E-state index contributed by atoms with van der Waals surface area (Å²) in [6, 6.07) is 6.58. The predicted molar refractivity (Wildman–Crippen MR) is 50.8 cm³/mol. The summed E-state index contributed by atoms with van der Waals surface area (Å²) >= 11 is 0. The maximum absolute atomic E-state index is 11.9. The van der Waals surface area contributed by atoms with Gasteiger partial charge in [0, 0.05) is 12.0 Å². The van der Waals surface area contributed by atoms with Gasteiger partial charge < -0.3 is 0 Å². The summed E-state index contributed by atoms with van der Waals surface area (Å²) in [6.45, 7) is 1.79. The minimum atomic E-state index is -4.26. The van der Waals surface area contributed by atoms with Gasteiger partial charge in [-0.25, -0.2) is 0 Å². The van der Waals surface area contributed by atoms with Crippen LogP contribution in [0.5, 0.6) is 0 Å². The van der Waals surface area contributed by atoms with Crippen molar-refractivity contribution in [2.75, 3.05) is 0 Å². The molecule has 0 heterocycles.